The Labute approximate surface area is 131 Å². The molecule has 1 heterocycles. The lowest BCUT2D eigenvalue weighted by Gasteiger charge is -2.08. The predicted octanol–water partition coefficient (Wildman–Crippen LogP) is 3.88. The Bertz CT molecular complexity index is 612. The number of benzene rings is 1. The molecule has 22 heavy (non-hydrogen) atoms. The zero-order valence-electron chi connectivity index (χ0n) is 13.0. The smallest absolute Gasteiger partial charge is 0.219 e. The van der Waals surface area contributed by atoms with Crippen LogP contribution in [0, 0.1) is 17.2 Å². The second kappa shape index (κ2) is 8.16. The van der Waals surface area contributed by atoms with Gasteiger partial charge in [0.15, 0.2) is 0 Å². The van der Waals surface area contributed by atoms with Crippen LogP contribution < -0.4 is 10.1 Å². The van der Waals surface area contributed by atoms with Gasteiger partial charge in [0.2, 0.25) is 5.88 Å². The van der Waals surface area contributed by atoms with Crippen molar-refractivity contribution in [3.8, 4) is 17.7 Å². The highest BCUT2D eigenvalue weighted by atomic mass is 16.5. The molecular formula is C18H21N3O. The average Bonchev–Trinajstić information content (AvgIpc) is 2.54. The second-order valence-corrected chi connectivity index (χ2v) is 5.60. The molecule has 0 aliphatic carbocycles. The second-order valence-electron chi connectivity index (χ2n) is 5.60. The van der Waals surface area contributed by atoms with E-state index in [9.17, 15) is 0 Å². The van der Waals surface area contributed by atoms with Crippen LogP contribution in [0.1, 0.15) is 31.4 Å². The minimum absolute atomic E-state index is 0.488. The molecule has 0 aliphatic heterocycles. The van der Waals surface area contributed by atoms with Gasteiger partial charge in [-0.2, -0.15) is 5.26 Å². The van der Waals surface area contributed by atoms with Gasteiger partial charge < -0.3 is 10.1 Å². The zero-order valence-corrected chi connectivity index (χ0v) is 13.0. The molecule has 0 saturated carbocycles. The first-order valence-corrected chi connectivity index (χ1v) is 7.51. The van der Waals surface area contributed by atoms with Crippen molar-refractivity contribution in [1.29, 1.82) is 5.26 Å². The topological polar surface area (TPSA) is 57.9 Å². The van der Waals surface area contributed by atoms with Crippen molar-refractivity contribution < 1.29 is 4.74 Å². The number of nitriles is 1. The largest absolute Gasteiger partial charge is 0.439 e. The van der Waals surface area contributed by atoms with Crippen LogP contribution in [0.25, 0.3) is 0 Å². The van der Waals surface area contributed by atoms with Gasteiger partial charge in [-0.25, -0.2) is 4.98 Å². The molecule has 0 fully saturated rings. The summed E-state index contributed by atoms with van der Waals surface area (Å²) in [7, 11) is 0. The van der Waals surface area contributed by atoms with E-state index in [1.807, 2.05) is 30.3 Å². The Kier molecular flexibility index (Phi) is 5.93. The van der Waals surface area contributed by atoms with Gasteiger partial charge in [-0.3, -0.25) is 0 Å². The van der Waals surface area contributed by atoms with Gasteiger partial charge in [-0.15, -0.1) is 0 Å². The van der Waals surface area contributed by atoms with Crippen molar-refractivity contribution in [1.82, 2.24) is 10.3 Å². The third-order valence-electron chi connectivity index (χ3n) is 3.24. The molecule has 0 unspecified atom stereocenters. The maximum Gasteiger partial charge on any atom is 0.219 e. The molecule has 0 atom stereocenters. The summed E-state index contributed by atoms with van der Waals surface area (Å²) < 4.78 is 5.65. The van der Waals surface area contributed by atoms with E-state index in [0.29, 0.717) is 11.4 Å². The van der Waals surface area contributed by atoms with Crippen LogP contribution in [0.15, 0.2) is 42.6 Å². The van der Waals surface area contributed by atoms with Crippen LogP contribution in [0.3, 0.4) is 0 Å². The van der Waals surface area contributed by atoms with Gasteiger partial charge in [0.25, 0.3) is 0 Å². The monoisotopic (exact) mass is 295 g/mol. The summed E-state index contributed by atoms with van der Waals surface area (Å²) in [6, 6.07) is 13.4. The Morgan fingerprint density at radius 3 is 2.55 bits per heavy atom. The summed E-state index contributed by atoms with van der Waals surface area (Å²) in [5, 5.41) is 12.2. The first-order valence-electron chi connectivity index (χ1n) is 7.51. The third-order valence-corrected chi connectivity index (χ3v) is 3.24. The van der Waals surface area contributed by atoms with E-state index in [4.69, 9.17) is 10.00 Å². The average molecular weight is 295 g/mol. The summed E-state index contributed by atoms with van der Waals surface area (Å²) in [6.07, 6.45) is 2.69. The standard InChI is InChI=1S/C18H21N3O/c1-14(2)9-10-20-12-15-3-6-17(7-4-15)22-18-8-5-16(11-19)13-21-18/h3-8,13-14,20H,9-10,12H2,1-2H3. The van der Waals surface area contributed by atoms with E-state index in [-0.39, 0.29) is 0 Å². The maximum atomic E-state index is 8.73. The van der Waals surface area contributed by atoms with Crippen LogP contribution in [0.4, 0.5) is 0 Å². The molecule has 2 rings (SSSR count). The molecule has 4 nitrogen and oxygen atoms in total. The fourth-order valence-electron chi connectivity index (χ4n) is 1.93. The number of ether oxygens (including phenoxy) is 1. The van der Waals surface area contributed by atoms with Crippen molar-refractivity contribution in [2.75, 3.05) is 6.54 Å². The quantitative estimate of drug-likeness (QED) is 0.787. The van der Waals surface area contributed by atoms with Gasteiger partial charge in [0, 0.05) is 18.8 Å². The first-order chi connectivity index (χ1) is 10.7. The van der Waals surface area contributed by atoms with Gasteiger partial charge in [-0.05, 0) is 42.6 Å². The minimum Gasteiger partial charge on any atom is -0.439 e. The van der Waals surface area contributed by atoms with E-state index in [2.05, 4.69) is 24.1 Å². The third kappa shape index (κ3) is 5.19. The number of aromatic nitrogens is 1. The molecule has 1 aromatic carbocycles. The van der Waals surface area contributed by atoms with Gasteiger partial charge in [0.05, 0.1) is 5.56 Å². The Morgan fingerprint density at radius 2 is 1.95 bits per heavy atom. The highest BCUT2D eigenvalue weighted by molar-refractivity contribution is 5.33. The minimum atomic E-state index is 0.488. The van der Waals surface area contributed by atoms with E-state index in [1.54, 1.807) is 12.1 Å². The fourth-order valence-corrected chi connectivity index (χ4v) is 1.93. The first kappa shape index (κ1) is 16.0. The lowest BCUT2D eigenvalue weighted by Crippen LogP contribution is -2.16. The number of nitrogens with one attached hydrogen (secondary N) is 1. The molecule has 1 N–H and O–H groups in total. The lowest BCUT2D eigenvalue weighted by molar-refractivity contribution is 0.462. The number of rotatable bonds is 7. The summed E-state index contributed by atoms with van der Waals surface area (Å²) in [5.41, 5.74) is 1.75. The molecule has 0 aliphatic rings. The molecule has 0 radical (unpaired) electrons. The zero-order chi connectivity index (χ0) is 15.8. The molecule has 0 bridgehead atoms. The van der Waals surface area contributed by atoms with Gasteiger partial charge in [-0.1, -0.05) is 26.0 Å². The number of nitrogens with zero attached hydrogens (tertiary/aromatic N) is 2. The van der Waals surface area contributed by atoms with Gasteiger partial charge >= 0.3 is 0 Å². The lowest BCUT2D eigenvalue weighted by atomic mass is 10.1. The fraction of sp³-hybridized carbons (Fsp3) is 0.333. The molecule has 4 heteroatoms. The van der Waals surface area contributed by atoms with Crippen molar-refractivity contribution in [2.45, 2.75) is 26.8 Å². The number of hydrogen-bond donors (Lipinski definition) is 1. The van der Waals surface area contributed by atoms with Crippen LogP contribution >= 0.6 is 0 Å². The molecule has 1 aromatic heterocycles. The van der Waals surface area contributed by atoms with Gasteiger partial charge in [0.1, 0.15) is 11.8 Å². The summed E-state index contributed by atoms with van der Waals surface area (Å²) in [5.74, 6) is 1.95. The normalized spacial score (nSPS) is 10.5. The highest BCUT2D eigenvalue weighted by Gasteiger charge is 2.00. The summed E-state index contributed by atoms with van der Waals surface area (Å²) in [4.78, 5) is 4.09. The van der Waals surface area contributed by atoms with E-state index >= 15 is 0 Å². The SMILES string of the molecule is CC(C)CCNCc1ccc(Oc2ccc(C#N)cn2)cc1. The number of pyridine rings is 1. The maximum absolute atomic E-state index is 8.73. The molecule has 0 saturated heterocycles. The summed E-state index contributed by atoms with van der Waals surface area (Å²) >= 11 is 0. The number of hydrogen-bond acceptors (Lipinski definition) is 4. The van der Waals surface area contributed by atoms with Crippen molar-refractivity contribution in [3.05, 3.63) is 53.7 Å². The Morgan fingerprint density at radius 1 is 1.18 bits per heavy atom. The molecule has 0 amide bonds. The van der Waals surface area contributed by atoms with E-state index in [0.717, 1.165) is 24.8 Å². The Balaban J connectivity index is 1.84. The molecule has 2 aromatic rings. The Hall–Kier alpha value is -2.38. The van der Waals surface area contributed by atoms with Crippen molar-refractivity contribution in [2.24, 2.45) is 5.92 Å². The van der Waals surface area contributed by atoms with E-state index < -0.39 is 0 Å². The summed E-state index contributed by atoms with van der Waals surface area (Å²) in [6.45, 7) is 6.35. The van der Waals surface area contributed by atoms with Crippen LogP contribution in [-0.2, 0) is 6.54 Å². The highest BCUT2D eigenvalue weighted by Crippen LogP contribution is 2.19. The molecule has 114 valence electrons. The van der Waals surface area contributed by atoms with E-state index in [1.165, 1.54) is 18.2 Å². The van der Waals surface area contributed by atoms with Crippen LogP contribution in [0.2, 0.25) is 0 Å². The van der Waals surface area contributed by atoms with Crippen LogP contribution in [-0.4, -0.2) is 11.5 Å². The molecule has 0 spiro atoms. The van der Waals surface area contributed by atoms with Crippen LogP contribution in [0.5, 0.6) is 11.6 Å². The van der Waals surface area contributed by atoms with Crippen molar-refractivity contribution in [3.63, 3.8) is 0 Å². The van der Waals surface area contributed by atoms with Crippen molar-refractivity contribution >= 4 is 0 Å². The molecular weight excluding hydrogens is 274 g/mol. The predicted molar refractivity (Wildman–Crippen MR) is 86.6 cm³/mol.